The number of hydrogen-bond acceptors (Lipinski definition) is 4. The van der Waals surface area contributed by atoms with Crippen molar-refractivity contribution in [1.29, 1.82) is 0 Å². The van der Waals surface area contributed by atoms with Crippen LogP contribution >= 0.6 is 11.8 Å². The van der Waals surface area contributed by atoms with Gasteiger partial charge in [0.2, 0.25) is 0 Å². The Balaban J connectivity index is 1.97. The van der Waals surface area contributed by atoms with Crippen LogP contribution in [0.25, 0.3) is 6.08 Å². The maximum atomic E-state index is 12.5. The van der Waals surface area contributed by atoms with Crippen molar-refractivity contribution in [2.45, 2.75) is 11.8 Å². The maximum Gasteiger partial charge on any atom is 0.284 e. The van der Waals surface area contributed by atoms with E-state index in [1.807, 2.05) is 30.3 Å². The zero-order valence-corrected chi connectivity index (χ0v) is 15.1. The fraction of sp³-hybridized carbons (Fsp3) is 0.111. The lowest BCUT2D eigenvalue weighted by Crippen LogP contribution is -2.29. The molecule has 1 amide bonds. The largest absolute Gasteiger partial charge is 0.286 e. The summed E-state index contributed by atoms with van der Waals surface area (Å²) in [6, 6.07) is 17.4. The number of amidine groups is 1. The van der Waals surface area contributed by atoms with E-state index < -0.39 is 10.0 Å². The lowest BCUT2D eigenvalue weighted by molar-refractivity contribution is -0.122. The third kappa shape index (κ3) is 3.83. The van der Waals surface area contributed by atoms with Crippen LogP contribution in [0, 0.1) is 0 Å². The molecule has 0 aromatic heterocycles. The van der Waals surface area contributed by atoms with Crippen molar-refractivity contribution >= 4 is 38.9 Å². The molecule has 0 saturated carbocycles. The van der Waals surface area contributed by atoms with Crippen LogP contribution in [-0.2, 0) is 14.8 Å². The van der Waals surface area contributed by atoms with Crippen molar-refractivity contribution in [2.75, 3.05) is 6.54 Å². The van der Waals surface area contributed by atoms with Gasteiger partial charge < -0.3 is 0 Å². The van der Waals surface area contributed by atoms with E-state index in [2.05, 4.69) is 4.40 Å². The van der Waals surface area contributed by atoms with Crippen molar-refractivity contribution in [3.63, 3.8) is 0 Å². The summed E-state index contributed by atoms with van der Waals surface area (Å²) in [5.74, 6) is -0.238. The topological polar surface area (TPSA) is 66.8 Å². The number of hydrogen-bond donors (Lipinski definition) is 0. The number of likely N-dealkylation sites (N-methyl/N-ethyl adjacent to an activating group) is 1. The molecule has 5 nitrogen and oxygen atoms in total. The molecule has 0 unspecified atom stereocenters. The van der Waals surface area contributed by atoms with Gasteiger partial charge in [-0.25, -0.2) is 0 Å². The van der Waals surface area contributed by atoms with Gasteiger partial charge in [-0.15, -0.1) is 4.40 Å². The van der Waals surface area contributed by atoms with Gasteiger partial charge in [-0.3, -0.25) is 9.69 Å². The molecule has 0 radical (unpaired) electrons. The van der Waals surface area contributed by atoms with Crippen LogP contribution in [0.4, 0.5) is 0 Å². The van der Waals surface area contributed by atoms with E-state index in [1.54, 1.807) is 31.2 Å². The maximum absolute atomic E-state index is 12.5. The minimum absolute atomic E-state index is 0.104. The standard InChI is InChI=1S/C18H16N2O3S2/c1-2-20-17(21)16(13-14-9-5-3-6-10-14)24-18(20)19-25(22,23)15-11-7-4-8-12-15/h3-13H,2H2,1H3/b16-13-,19-18+. The van der Waals surface area contributed by atoms with E-state index in [4.69, 9.17) is 0 Å². The van der Waals surface area contributed by atoms with Gasteiger partial charge in [0.1, 0.15) is 0 Å². The molecule has 2 aromatic rings. The second kappa shape index (κ2) is 7.25. The van der Waals surface area contributed by atoms with Crippen LogP contribution < -0.4 is 0 Å². The Morgan fingerprint density at radius 1 is 1.04 bits per heavy atom. The first kappa shape index (κ1) is 17.4. The highest BCUT2D eigenvalue weighted by atomic mass is 32.2. The van der Waals surface area contributed by atoms with Crippen LogP contribution in [0.2, 0.25) is 0 Å². The van der Waals surface area contributed by atoms with Crippen LogP contribution in [0.5, 0.6) is 0 Å². The van der Waals surface area contributed by atoms with Gasteiger partial charge in [-0.05, 0) is 42.5 Å². The number of nitrogens with zero attached hydrogens (tertiary/aromatic N) is 2. The first-order chi connectivity index (χ1) is 12.0. The summed E-state index contributed by atoms with van der Waals surface area (Å²) in [5.41, 5.74) is 0.876. The summed E-state index contributed by atoms with van der Waals surface area (Å²) < 4.78 is 28.8. The molecule has 0 atom stereocenters. The Bertz CT molecular complexity index is 937. The van der Waals surface area contributed by atoms with Gasteiger partial charge in [0.15, 0.2) is 5.17 Å². The summed E-state index contributed by atoms with van der Waals surface area (Å²) in [5, 5.41) is 0.179. The summed E-state index contributed by atoms with van der Waals surface area (Å²) in [6.45, 7) is 2.13. The monoisotopic (exact) mass is 372 g/mol. The van der Waals surface area contributed by atoms with Crippen molar-refractivity contribution in [2.24, 2.45) is 4.40 Å². The summed E-state index contributed by atoms with van der Waals surface area (Å²) in [4.78, 5) is 14.5. The highest BCUT2D eigenvalue weighted by molar-refractivity contribution is 8.19. The Labute approximate surface area is 151 Å². The Morgan fingerprint density at radius 3 is 2.24 bits per heavy atom. The number of rotatable bonds is 4. The Kier molecular flexibility index (Phi) is 5.06. The van der Waals surface area contributed by atoms with Gasteiger partial charge in [0, 0.05) is 6.54 Å². The number of thioether (sulfide) groups is 1. The molecule has 0 bridgehead atoms. The molecule has 2 aromatic carbocycles. The molecule has 1 aliphatic heterocycles. The van der Waals surface area contributed by atoms with Crippen LogP contribution in [0.15, 0.2) is 74.9 Å². The number of amides is 1. The van der Waals surface area contributed by atoms with Crippen LogP contribution in [0.1, 0.15) is 12.5 Å². The van der Waals surface area contributed by atoms with Crippen molar-refractivity contribution in [3.8, 4) is 0 Å². The van der Waals surface area contributed by atoms with E-state index in [1.165, 1.54) is 17.0 Å². The highest BCUT2D eigenvalue weighted by Gasteiger charge is 2.33. The molecule has 0 N–H and O–H groups in total. The van der Waals surface area contributed by atoms with Crippen molar-refractivity contribution in [3.05, 3.63) is 71.1 Å². The summed E-state index contributed by atoms with van der Waals surface area (Å²) in [6.07, 6.45) is 1.74. The summed E-state index contributed by atoms with van der Waals surface area (Å²) >= 11 is 1.08. The van der Waals surface area contributed by atoms with Gasteiger partial charge in [-0.2, -0.15) is 8.42 Å². The zero-order valence-electron chi connectivity index (χ0n) is 13.5. The predicted octanol–water partition coefficient (Wildman–Crippen LogP) is 3.37. The van der Waals surface area contributed by atoms with Gasteiger partial charge in [0.25, 0.3) is 15.9 Å². The third-order valence-electron chi connectivity index (χ3n) is 3.54. The minimum atomic E-state index is -3.86. The third-order valence-corrected chi connectivity index (χ3v) is 5.94. The molecule has 1 saturated heterocycles. The normalized spacial score (nSPS) is 18.3. The quantitative estimate of drug-likeness (QED) is 0.772. The zero-order chi connectivity index (χ0) is 17.9. The van der Waals surface area contributed by atoms with E-state index in [9.17, 15) is 13.2 Å². The minimum Gasteiger partial charge on any atom is -0.286 e. The number of carbonyl (C=O) groups is 1. The van der Waals surface area contributed by atoms with E-state index >= 15 is 0 Å². The molecular formula is C18H16N2O3S2. The first-order valence-electron chi connectivity index (χ1n) is 7.68. The average molecular weight is 372 g/mol. The number of benzene rings is 2. The molecule has 3 rings (SSSR count). The molecule has 1 fully saturated rings. The highest BCUT2D eigenvalue weighted by Crippen LogP contribution is 2.33. The first-order valence-corrected chi connectivity index (χ1v) is 9.93. The average Bonchev–Trinajstić information content (AvgIpc) is 2.90. The lowest BCUT2D eigenvalue weighted by atomic mass is 10.2. The summed E-state index contributed by atoms with van der Waals surface area (Å²) in [7, 11) is -3.86. The van der Waals surface area contributed by atoms with Gasteiger partial charge >= 0.3 is 0 Å². The fourth-order valence-corrected chi connectivity index (χ4v) is 4.57. The predicted molar refractivity (Wildman–Crippen MR) is 100 cm³/mol. The molecule has 0 spiro atoms. The Morgan fingerprint density at radius 2 is 1.64 bits per heavy atom. The van der Waals surface area contributed by atoms with E-state index in [-0.39, 0.29) is 16.0 Å². The SMILES string of the molecule is CCN1C(=O)/C(=C/c2ccccc2)S/C1=N/S(=O)(=O)c1ccccc1. The number of carbonyl (C=O) groups excluding carboxylic acids is 1. The molecule has 7 heteroatoms. The van der Waals surface area contributed by atoms with E-state index in [0.717, 1.165) is 17.3 Å². The van der Waals surface area contributed by atoms with Crippen molar-refractivity contribution < 1.29 is 13.2 Å². The van der Waals surface area contributed by atoms with Crippen LogP contribution in [0.3, 0.4) is 0 Å². The van der Waals surface area contributed by atoms with Gasteiger partial charge in [0.05, 0.1) is 9.80 Å². The second-order valence-corrected chi connectivity index (χ2v) is 7.85. The van der Waals surface area contributed by atoms with E-state index in [0.29, 0.717) is 11.4 Å². The number of sulfonamides is 1. The molecule has 25 heavy (non-hydrogen) atoms. The lowest BCUT2D eigenvalue weighted by Gasteiger charge is -2.11. The smallest absolute Gasteiger partial charge is 0.284 e. The second-order valence-electron chi connectivity index (χ2n) is 5.23. The van der Waals surface area contributed by atoms with Crippen molar-refractivity contribution in [1.82, 2.24) is 4.90 Å². The van der Waals surface area contributed by atoms with Gasteiger partial charge in [-0.1, -0.05) is 48.5 Å². The molecule has 1 heterocycles. The van der Waals surface area contributed by atoms with Crippen LogP contribution in [-0.4, -0.2) is 30.9 Å². The molecule has 128 valence electrons. The fourth-order valence-electron chi connectivity index (χ4n) is 2.30. The molecular weight excluding hydrogens is 356 g/mol. The molecule has 0 aliphatic carbocycles. The Hall–Kier alpha value is -2.38. The molecule has 1 aliphatic rings.